The number of aromatic carboxylic acids is 5. The van der Waals surface area contributed by atoms with E-state index in [-0.39, 0.29) is 77.9 Å². The smallest absolute Gasteiger partial charge is 0.337 e. The molecule has 3 amide bonds. The standard InChI is InChI=1S/5C13H11NO2.3C7H7NO.5CH2O2/c5*15-13(16)11-8-4-5-9-12(11)14-10-6-2-1-3-7-10;3*8-7(9)6-4-2-1-3-5-6;5*2-1-3/h5*1-9,14H,(H,15,16);3*1-5H,(H2,8,9);5*1H,(H,2,3). The van der Waals surface area contributed by atoms with Gasteiger partial charge < -0.3 is 94.9 Å². The lowest BCUT2D eigenvalue weighted by atomic mass is 10.1. The SMILES string of the molecule is NC(=O)c1ccccc1.NC(=O)c1ccccc1.NC(=O)c1ccccc1.O=C(O)c1ccccc1Nc1ccccc1.O=C(O)c1ccccc1Nc1ccccc1.O=C(O)c1ccccc1Nc1ccccc1.O=C(O)c1ccccc1Nc1ccccc1.O=C(O)c1ccccc1Nc1ccccc1.O=CO.O=CO.O=CO.O=CO.O=CO. The summed E-state index contributed by atoms with van der Waals surface area (Å²) < 4.78 is 0. The van der Waals surface area contributed by atoms with Crippen molar-refractivity contribution in [1.29, 1.82) is 0 Å². The molecule has 31 nitrogen and oxygen atoms in total. The molecule has 0 atom stereocenters. The van der Waals surface area contributed by atoms with Gasteiger partial charge in [0, 0.05) is 45.1 Å². The number of carboxylic acid groups (broad SMARTS) is 10. The van der Waals surface area contributed by atoms with Gasteiger partial charge in [-0.1, -0.05) is 206 Å². The second-order valence-electron chi connectivity index (χ2n) is 22.4. The van der Waals surface area contributed by atoms with E-state index in [4.69, 9.17) is 92.2 Å². The minimum Gasteiger partial charge on any atom is -0.483 e. The summed E-state index contributed by atoms with van der Waals surface area (Å²) in [5.74, 6) is -5.79. The molecule has 0 bridgehead atoms. The van der Waals surface area contributed by atoms with Gasteiger partial charge in [0.05, 0.1) is 56.3 Å². The third-order valence-corrected chi connectivity index (χ3v) is 14.2. The molecule has 0 aliphatic carbocycles. The van der Waals surface area contributed by atoms with Gasteiger partial charge >= 0.3 is 29.8 Å². The lowest BCUT2D eigenvalue weighted by Gasteiger charge is -2.08. The van der Waals surface area contributed by atoms with Crippen molar-refractivity contribution in [3.05, 3.63) is 408 Å². The molecule has 0 saturated heterocycles. The maximum absolute atomic E-state index is 11.0. The van der Waals surface area contributed by atoms with E-state index in [0.29, 0.717) is 45.1 Å². The molecule has 122 heavy (non-hydrogen) atoms. The van der Waals surface area contributed by atoms with Crippen LogP contribution in [0.15, 0.2) is 364 Å². The topological polar surface area (TPSA) is 562 Å². The Morgan fingerprint density at radius 3 is 0.402 bits per heavy atom. The fraction of sp³-hybridized carbons (Fsp3) is 0. The Morgan fingerprint density at radius 2 is 0.295 bits per heavy atom. The summed E-state index contributed by atoms with van der Waals surface area (Å²) in [6.45, 7) is -1.25. The summed E-state index contributed by atoms with van der Waals surface area (Å²) in [6, 6.07) is 108. The van der Waals surface area contributed by atoms with Gasteiger partial charge in [0.15, 0.2) is 0 Å². The van der Waals surface area contributed by atoms with Crippen LogP contribution in [0, 0.1) is 0 Å². The average molecular weight is 1660 g/mol. The first-order valence-electron chi connectivity index (χ1n) is 35.0. The first kappa shape index (κ1) is 102. The highest BCUT2D eigenvalue weighted by Crippen LogP contribution is 2.25. The van der Waals surface area contributed by atoms with Gasteiger partial charge in [-0.15, -0.1) is 0 Å². The number of anilines is 10. The number of hydrogen-bond donors (Lipinski definition) is 18. The third-order valence-electron chi connectivity index (χ3n) is 14.2. The number of carboxylic acids is 5. The normalized spacial score (nSPS) is 8.85. The number of carbonyl (C=O) groups excluding carboxylic acids is 3. The molecule has 628 valence electrons. The molecular formula is C91H86N8O23. The number of para-hydroxylation sites is 10. The Balaban J connectivity index is 0.000000686. The van der Waals surface area contributed by atoms with Crippen LogP contribution in [0.2, 0.25) is 0 Å². The Hall–Kier alpha value is -18.0. The Labute approximate surface area is 699 Å². The second-order valence-corrected chi connectivity index (χ2v) is 22.4. The molecule has 0 radical (unpaired) electrons. The zero-order chi connectivity index (χ0) is 90.5. The lowest BCUT2D eigenvalue weighted by Crippen LogP contribution is -2.09. The van der Waals surface area contributed by atoms with Crippen LogP contribution in [0.3, 0.4) is 0 Å². The van der Waals surface area contributed by atoms with E-state index in [2.05, 4.69) is 26.6 Å². The van der Waals surface area contributed by atoms with E-state index in [0.717, 1.165) is 28.4 Å². The Kier molecular flexibility index (Phi) is 53.0. The molecule has 13 aromatic rings. The van der Waals surface area contributed by atoms with E-state index in [1.165, 1.54) is 0 Å². The van der Waals surface area contributed by atoms with Crippen LogP contribution in [0.25, 0.3) is 0 Å². The molecule has 0 spiro atoms. The fourth-order valence-electron chi connectivity index (χ4n) is 9.09. The van der Waals surface area contributed by atoms with Crippen molar-refractivity contribution in [3.63, 3.8) is 0 Å². The monoisotopic (exact) mass is 1660 g/mol. The number of rotatable bonds is 18. The van der Waals surface area contributed by atoms with Crippen molar-refractivity contribution < 1.29 is 113 Å². The van der Waals surface area contributed by atoms with E-state index in [1.807, 2.05) is 170 Å². The lowest BCUT2D eigenvalue weighted by molar-refractivity contribution is -0.123. The molecule has 0 fully saturated rings. The number of nitrogens with one attached hydrogen (secondary N) is 5. The van der Waals surface area contributed by atoms with E-state index < -0.39 is 29.8 Å². The molecule has 31 heteroatoms. The average Bonchev–Trinajstić information content (AvgIpc) is 0.876. The second kappa shape index (κ2) is 63.4. The minimum atomic E-state index is -0.931. The molecule has 0 unspecified atom stereocenters. The van der Waals surface area contributed by atoms with Crippen LogP contribution in [0.4, 0.5) is 56.9 Å². The number of benzene rings is 13. The number of nitrogens with two attached hydrogens (primary N) is 3. The van der Waals surface area contributed by atoms with Crippen molar-refractivity contribution in [2.45, 2.75) is 0 Å². The molecule has 13 aromatic carbocycles. The molecule has 13 rings (SSSR count). The van der Waals surface area contributed by atoms with Crippen LogP contribution in [0.1, 0.15) is 82.9 Å². The van der Waals surface area contributed by atoms with Crippen molar-refractivity contribution in [2.75, 3.05) is 26.6 Å². The number of carbonyl (C=O) groups is 13. The van der Waals surface area contributed by atoms with Gasteiger partial charge in [-0.25, -0.2) is 24.0 Å². The van der Waals surface area contributed by atoms with E-state index in [1.54, 1.807) is 194 Å². The maximum Gasteiger partial charge on any atom is 0.337 e. The van der Waals surface area contributed by atoms with Gasteiger partial charge in [-0.05, 0) is 158 Å². The molecular weight excluding hydrogens is 1570 g/mol. The quantitative estimate of drug-likeness (QED) is 0.0355. The summed E-state index contributed by atoms with van der Waals surface area (Å²) >= 11 is 0. The summed E-state index contributed by atoms with van der Waals surface area (Å²) in [5.41, 5.74) is 25.3. The van der Waals surface area contributed by atoms with Crippen molar-refractivity contribution in [3.8, 4) is 0 Å². The molecule has 0 aromatic heterocycles. The van der Waals surface area contributed by atoms with Gasteiger partial charge in [0.25, 0.3) is 32.4 Å². The van der Waals surface area contributed by atoms with Gasteiger partial charge in [-0.3, -0.25) is 38.4 Å². The van der Waals surface area contributed by atoms with Crippen molar-refractivity contribution in [2.24, 2.45) is 17.2 Å². The predicted molar refractivity (Wildman–Crippen MR) is 464 cm³/mol. The highest BCUT2D eigenvalue weighted by molar-refractivity contribution is 5.99. The van der Waals surface area contributed by atoms with Crippen LogP contribution in [0.5, 0.6) is 0 Å². The van der Waals surface area contributed by atoms with Gasteiger partial charge in [-0.2, -0.15) is 0 Å². The highest BCUT2D eigenvalue weighted by Gasteiger charge is 2.13. The third kappa shape index (κ3) is 44.4. The number of hydrogen-bond acceptors (Lipinski definition) is 18. The van der Waals surface area contributed by atoms with Crippen LogP contribution in [-0.4, -0.2) is 131 Å². The minimum absolute atomic E-state index is 0.250. The van der Waals surface area contributed by atoms with E-state index >= 15 is 0 Å². The van der Waals surface area contributed by atoms with Crippen LogP contribution in [-0.2, 0) is 24.0 Å². The summed E-state index contributed by atoms with van der Waals surface area (Å²) in [4.78, 5) is 128. The van der Waals surface area contributed by atoms with Gasteiger partial charge in [0.1, 0.15) is 0 Å². The summed E-state index contributed by atoms with van der Waals surface area (Å²) in [7, 11) is 0. The van der Waals surface area contributed by atoms with Crippen LogP contribution < -0.4 is 43.8 Å². The van der Waals surface area contributed by atoms with E-state index in [9.17, 15) is 38.4 Å². The fourth-order valence-corrected chi connectivity index (χ4v) is 9.09. The van der Waals surface area contributed by atoms with Crippen molar-refractivity contribution in [1.82, 2.24) is 0 Å². The van der Waals surface area contributed by atoms with Crippen LogP contribution >= 0.6 is 0 Å². The molecule has 0 aliphatic heterocycles. The molecule has 0 aliphatic rings. The first-order chi connectivity index (χ1) is 58.8. The number of primary amides is 3. The summed E-state index contributed by atoms with van der Waals surface area (Å²) in [6.07, 6.45) is 0. The molecule has 0 heterocycles. The molecule has 21 N–H and O–H groups in total. The number of amides is 3. The molecule has 0 saturated carbocycles. The van der Waals surface area contributed by atoms with Crippen molar-refractivity contribution >= 4 is 137 Å². The largest absolute Gasteiger partial charge is 0.483 e. The predicted octanol–water partition coefficient (Wildman–Crippen LogP) is 16.5. The Bertz CT molecular complexity index is 4530. The summed E-state index contributed by atoms with van der Waals surface area (Å²) in [5, 5.41) is 94.8. The van der Waals surface area contributed by atoms with Gasteiger partial charge in [0.2, 0.25) is 17.7 Å². The zero-order valence-corrected chi connectivity index (χ0v) is 64.5. The Morgan fingerprint density at radius 1 is 0.189 bits per heavy atom. The first-order valence-corrected chi connectivity index (χ1v) is 35.0. The maximum atomic E-state index is 11.0. The zero-order valence-electron chi connectivity index (χ0n) is 64.5. The highest BCUT2D eigenvalue weighted by atomic mass is 16.4.